The van der Waals surface area contributed by atoms with Gasteiger partial charge in [0.1, 0.15) is 5.60 Å². The zero-order valence-electron chi connectivity index (χ0n) is 25.6. The summed E-state index contributed by atoms with van der Waals surface area (Å²) in [7, 11) is 4.10. The minimum Gasteiger partial charge on any atom is -0.444 e. The fourth-order valence-corrected chi connectivity index (χ4v) is 5.39. The fourth-order valence-electron chi connectivity index (χ4n) is 5.39. The van der Waals surface area contributed by atoms with Gasteiger partial charge in [-0.2, -0.15) is 5.10 Å². The summed E-state index contributed by atoms with van der Waals surface area (Å²) in [6.45, 7) is 16.0. The van der Waals surface area contributed by atoms with Crippen LogP contribution in [-0.4, -0.2) is 93.9 Å². The molecular formula is C32H46N6O2. The molecule has 2 aromatic heterocycles. The molecule has 0 spiro atoms. The average Bonchev–Trinajstić information content (AvgIpc) is 3.21. The van der Waals surface area contributed by atoms with Crippen molar-refractivity contribution < 1.29 is 9.53 Å². The van der Waals surface area contributed by atoms with Crippen molar-refractivity contribution in [1.29, 1.82) is 0 Å². The predicted octanol–water partition coefficient (Wildman–Crippen LogP) is 5.00. The number of aryl methyl sites for hydroxylation is 3. The molecule has 0 N–H and O–H groups in total. The maximum atomic E-state index is 12.8. The van der Waals surface area contributed by atoms with E-state index in [1.54, 1.807) is 0 Å². The van der Waals surface area contributed by atoms with Crippen LogP contribution < -0.4 is 0 Å². The van der Waals surface area contributed by atoms with Gasteiger partial charge in [0.15, 0.2) is 5.65 Å². The van der Waals surface area contributed by atoms with Crippen molar-refractivity contribution in [3.63, 3.8) is 0 Å². The summed E-state index contributed by atoms with van der Waals surface area (Å²) in [6.07, 6.45) is 5.90. The number of carbonyl (C=O) groups is 1. The van der Waals surface area contributed by atoms with E-state index in [9.17, 15) is 4.79 Å². The number of fused-ring (bicyclic) bond motifs is 1. The molecule has 0 saturated carbocycles. The Kier molecular flexibility index (Phi) is 9.31. The van der Waals surface area contributed by atoms with Gasteiger partial charge in [-0.05, 0) is 72.3 Å². The van der Waals surface area contributed by atoms with Gasteiger partial charge in [0.2, 0.25) is 0 Å². The number of aromatic nitrogens is 3. The van der Waals surface area contributed by atoms with E-state index in [1.165, 1.54) is 16.7 Å². The quantitative estimate of drug-likeness (QED) is 0.396. The number of rotatable bonds is 8. The third-order valence-corrected chi connectivity index (χ3v) is 7.21. The molecule has 1 aliphatic heterocycles. The van der Waals surface area contributed by atoms with Crippen LogP contribution in [0.15, 0.2) is 36.4 Å². The SMILES string of the molecule is CCc1nn2c(C)cc(C)nc2c1Cc1ccc(C=CCN2CCN(C(=O)OC(C)(C)C)C(CN(C)C)C2)cc1. The van der Waals surface area contributed by atoms with Crippen LogP contribution in [0.2, 0.25) is 0 Å². The molecule has 1 atom stereocenters. The molecule has 1 fully saturated rings. The molecule has 1 saturated heterocycles. The number of nitrogens with zero attached hydrogens (tertiary/aromatic N) is 6. The zero-order chi connectivity index (χ0) is 29.0. The molecule has 1 aliphatic rings. The molecule has 0 aliphatic carbocycles. The zero-order valence-corrected chi connectivity index (χ0v) is 25.6. The summed E-state index contributed by atoms with van der Waals surface area (Å²) < 4.78 is 7.66. The van der Waals surface area contributed by atoms with Crippen molar-refractivity contribution in [2.24, 2.45) is 0 Å². The number of hydrogen-bond donors (Lipinski definition) is 0. The Balaban J connectivity index is 1.38. The molecule has 0 radical (unpaired) electrons. The number of benzene rings is 1. The molecule has 3 aromatic rings. The summed E-state index contributed by atoms with van der Waals surface area (Å²) in [5.74, 6) is 0. The van der Waals surface area contributed by atoms with E-state index in [1.807, 2.05) is 51.2 Å². The summed E-state index contributed by atoms with van der Waals surface area (Å²) in [6, 6.07) is 11.0. The van der Waals surface area contributed by atoms with Crippen molar-refractivity contribution >= 4 is 17.8 Å². The van der Waals surface area contributed by atoms with Crippen LogP contribution >= 0.6 is 0 Å². The van der Waals surface area contributed by atoms with E-state index in [0.29, 0.717) is 6.54 Å². The van der Waals surface area contributed by atoms with Gasteiger partial charge in [0, 0.05) is 56.1 Å². The molecule has 8 nitrogen and oxygen atoms in total. The Bertz CT molecular complexity index is 1340. The summed E-state index contributed by atoms with van der Waals surface area (Å²) in [5.41, 5.74) is 7.39. The average molecular weight is 547 g/mol. The van der Waals surface area contributed by atoms with E-state index in [0.717, 1.165) is 61.7 Å². The van der Waals surface area contributed by atoms with Gasteiger partial charge in [-0.25, -0.2) is 14.3 Å². The second-order valence-electron chi connectivity index (χ2n) is 12.2. The van der Waals surface area contributed by atoms with Crippen LogP contribution in [0.25, 0.3) is 11.7 Å². The van der Waals surface area contributed by atoms with Crippen molar-refractivity contribution in [3.05, 3.63) is 70.2 Å². The van der Waals surface area contributed by atoms with Gasteiger partial charge in [-0.1, -0.05) is 43.3 Å². The first-order valence-electron chi connectivity index (χ1n) is 14.4. The molecule has 3 heterocycles. The Morgan fingerprint density at radius 2 is 1.88 bits per heavy atom. The van der Waals surface area contributed by atoms with Crippen molar-refractivity contribution in [2.75, 3.05) is 46.8 Å². The fraction of sp³-hybridized carbons (Fsp3) is 0.531. The topological polar surface area (TPSA) is 66.2 Å². The molecular weight excluding hydrogens is 500 g/mol. The van der Waals surface area contributed by atoms with Gasteiger partial charge in [0.05, 0.1) is 11.7 Å². The second-order valence-corrected chi connectivity index (χ2v) is 12.2. The predicted molar refractivity (Wildman–Crippen MR) is 162 cm³/mol. The van der Waals surface area contributed by atoms with Gasteiger partial charge in [-0.3, -0.25) is 4.90 Å². The van der Waals surface area contributed by atoms with Crippen LogP contribution in [0.1, 0.15) is 61.5 Å². The molecule has 0 bridgehead atoms. The van der Waals surface area contributed by atoms with E-state index in [2.05, 4.69) is 66.1 Å². The second kappa shape index (κ2) is 12.5. The molecule has 4 rings (SSSR count). The van der Waals surface area contributed by atoms with Crippen molar-refractivity contribution in [3.8, 4) is 0 Å². The van der Waals surface area contributed by atoms with Gasteiger partial charge < -0.3 is 14.5 Å². The monoisotopic (exact) mass is 546 g/mol. The normalized spacial score (nSPS) is 16.9. The largest absolute Gasteiger partial charge is 0.444 e. The first-order valence-corrected chi connectivity index (χ1v) is 14.4. The lowest BCUT2D eigenvalue weighted by Crippen LogP contribution is -2.58. The Hall–Kier alpha value is -3.23. The van der Waals surface area contributed by atoms with Gasteiger partial charge >= 0.3 is 6.09 Å². The molecule has 1 amide bonds. The lowest BCUT2D eigenvalue weighted by atomic mass is 10.0. The van der Waals surface area contributed by atoms with E-state index >= 15 is 0 Å². The van der Waals surface area contributed by atoms with Crippen LogP contribution in [0.3, 0.4) is 0 Å². The maximum Gasteiger partial charge on any atom is 0.410 e. The molecule has 1 unspecified atom stereocenters. The lowest BCUT2D eigenvalue weighted by Gasteiger charge is -2.42. The third-order valence-electron chi connectivity index (χ3n) is 7.21. The highest BCUT2D eigenvalue weighted by Gasteiger charge is 2.33. The van der Waals surface area contributed by atoms with Crippen LogP contribution in [0.5, 0.6) is 0 Å². The Morgan fingerprint density at radius 3 is 2.52 bits per heavy atom. The molecule has 216 valence electrons. The molecule has 8 heteroatoms. The van der Waals surface area contributed by atoms with Crippen molar-refractivity contribution in [2.45, 2.75) is 66.0 Å². The lowest BCUT2D eigenvalue weighted by molar-refractivity contribution is -0.00366. The number of amides is 1. The Labute approximate surface area is 239 Å². The number of likely N-dealkylation sites (N-methyl/N-ethyl adjacent to an activating group) is 1. The third kappa shape index (κ3) is 7.49. The van der Waals surface area contributed by atoms with Crippen LogP contribution in [0.4, 0.5) is 4.79 Å². The molecule has 40 heavy (non-hydrogen) atoms. The number of carbonyl (C=O) groups excluding carboxylic acids is 1. The first-order chi connectivity index (χ1) is 18.9. The highest BCUT2D eigenvalue weighted by atomic mass is 16.6. The molecule has 1 aromatic carbocycles. The number of hydrogen-bond acceptors (Lipinski definition) is 6. The van der Waals surface area contributed by atoms with E-state index < -0.39 is 5.60 Å². The minimum atomic E-state index is -0.491. The summed E-state index contributed by atoms with van der Waals surface area (Å²) >= 11 is 0. The highest BCUT2D eigenvalue weighted by Crippen LogP contribution is 2.22. The van der Waals surface area contributed by atoms with Crippen LogP contribution in [0, 0.1) is 13.8 Å². The smallest absolute Gasteiger partial charge is 0.410 e. The summed E-state index contributed by atoms with van der Waals surface area (Å²) in [4.78, 5) is 24.1. The maximum absolute atomic E-state index is 12.8. The minimum absolute atomic E-state index is 0.0984. The standard InChI is InChI=1S/C32H46N6O2/c1-9-29-28(30-33-23(2)19-24(3)38(30)34-29)20-26-14-12-25(13-15-26)11-10-16-36-17-18-37(27(22-36)21-35(7)8)31(39)40-32(4,5)6/h10-15,19,27H,9,16-18,20-22H2,1-8H3. The van der Waals surface area contributed by atoms with E-state index in [-0.39, 0.29) is 12.1 Å². The van der Waals surface area contributed by atoms with Gasteiger partial charge in [-0.15, -0.1) is 0 Å². The van der Waals surface area contributed by atoms with Crippen LogP contribution in [-0.2, 0) is 17.6 Å². The van der Waals surface area contributed by atoms with E-state index in [4.69, 9.17) is 14.8 Å². The number of ether oxygens (including phenoxy) is 1. The highest BCUT2D eigenvalue weighted by molar-refractivity contribution is 5.68. The summed E-state index contributed by atoms with van der Waals surface area (Å²) in [5, 5.41) is 4.83. The Morgan fingerprint density at radius 1 is 1.15 bits per heavy atom. The van der Waals surface area contributed by atoms with Gasteiger partial charge in [0.25, 0.3) is 0 Å². The number of piperazine rings is 1. The van der Waals surface area contributed by atoms with Crippen molar-refractivity contribution in [1.82, 2.24) is 29.3 Å². The first kappa shape index (κ1) is 29.7.